The van der Waals surface area contributed by atoms with Crippen LogP contribution in [0.1, 0.15) is 55.3 Å². The maximum Gasteiger partial charge on any atom is 0.291 e. The quantitative estimate of drug-likeness (QED) is 0.826. The van der Waals surface area contributed by atoms with Crippen LogP contribution in [0.4, 0.5) is 5.95 Å². The van der Waals surface area contributed by atoms with Crippen LogP contribution in [0.2, 0.25) is 0 Å². The minimum Gasteiger partial charge on any atom is -0.341 e. The normalized spacial score (nSPS) is 17.1. The minimum atomic E-state index is 0.0265. The molecule has 2 aliphatic rings. The van der Waals surface area contributed by atoms with Gasteiger partial charge in [0.15, 0.2) is 0 Å². The van der Waals surface area contributed by atoms with E-state index in [0.29, 0.717) is 12.5 Å². The van der Waals surface area contributed by atoms with Crippen LogP contribution in [0.3, 0.4) is 0 Å². The second kappa shape index (κ2) is 7.05. The lowest BCUT2D eigenvalue weighted by Crippen LogP contribution is -2.30. The molecule has 1 fully saturated rings. The Kier molecular flexibility index (Phi) is 4.61. The average Bonchev–Trinajstić information content (AvgIpc) is 3.16. The highest BCUT2D eigenvalue weighted by Gasteiger charge is 2.32. The average molecular weight is 354 g/mol. The number of aryl methyl sites for hydroxylation is 1. The van der Waals surface area contributed by atoms with Gasteiger partial charge in [0, 0.05) is 37.6 Å². The summed E-state index contributed by atoms with van der Waals surface area (Å²) in [6.45, 7) is 7.49. The Balaban J connectivity index is 1.59. The predicted octanol–water partition coefficient (Wildman–Crippen LogP) is 2.85. The van der Waals surface area contributed by atoms with Gasteiger partial charge >= 0.3 is 0 Å². The highest BCUT2D eigenvalue weighted by molar-refractivity contribution is 5.93. The Hall–Kier alpha value is -2.44. The van der Waals surface area contributed by atoms with E-state index in [9.17, 15) is 4.79 Å². The Labute approximate surface area is 154 Å². The summed E-state index contributed by atoms with van der Waals surface area (Å²) in [7, 11) is 0. The van der Waals surface area contributed by atoms with Crippen molar-refractivity contribution in [2.75, 3.05) is 24.5 Å². The molecule has 0 bridgehead atoms. The highest BCUT2D eigenvalue weighted by Crippen LogP contribution is 2.29. The third-order valence-corrected chi connectivity index (χ3v) is 5.26. The molecule has 0 radical (unpaired) electrons. The molecule has 2 aromatic heterocycles. The van der Waals surface area contributed by atoms with Crippen LogP contribution in [-0.4, -0.2) is 50.0 Å². The van der Waals surface area contributed by atoms with Crippen molar-refractivity contribution in [3.05, 3.63) is 23.9 Å². The molecule has 4 rings (SSSR count). The number of nitrogens with zero attached hydrogens (tertiary/aromatic N) is 6. The molecule has 2 aliphatic heterocycles. The van der Waals surface area contributed by atoms with Crippen molar-refractivity contribution in [2.24, 2.45) is 0 Å². The molecule has 0 atom stereocenters. The summed E-state index contributed by atoms with van der Waals surface area (Å²) in [5, 5.41) is 0. The second-order valence-electron chi connectivity index (χ2n) is 7.18. The van der Waals surface area contributed by atoms with Gasteiger partial charge in [0.2, 0.25) is 11.8 Å². The number of fused-ring (bicyclic) bond motifs is 1. The van der Waals surface area contributed by atoms with E-state index in [4.69, 9.17) is 0 Å². The second-order valence-corrected chi connectivity index (χ2v) is 7.18. The zero-order valence-electron chi connectivity index (χ0n) is 15.6. The summed E-state index contributed by atoms with van der Waals surface area (Å²) < 4.78 is 2.01. The van der Waals surface area contributed by atoms with Crippen molar-refractivity contribution >= 4 is 11.9 Å². The molecular weight excluding hydrogens is 328 g/mol. The Morgan fingerprint density at radius 3 is 2.54 bits per heavy atom. The lowest BCUT2D eigenvalue weighted by atomic mass is 10.1. The van der Waals surface area contributed by atoms with E-state index in [-0.39, 0.29) is 5.91 Å². The number of carbonyl (C=O) groups is 1. The standard InChI is InChI=1S/C19H26N6O/c1-3-4-8-24-13-25-16(14(2)22-17(25)18(24)26)15-11-20-19(21-12-15)23-9-6-5-7-10-23/h11-12H,3-10,13H2,1-2H3. The van der Waals surface area contributed by atoms with E-state index in [0.717, 1.165) is 55.4 Å². The third kappa shape index (κ3) is 2.95. The lowest BCUT2D eigenvalue weighted by Gasteiger charge is -2.26. The maximum absolute atomic E-state index is 12.6. The van der Waals surface area contributed by atoms with Crippen LogP contribution in [0.25, 0.3) is 11.3 Å². The number of carbonyl (C=O) groups excluding carboxylic acids is 1. The fraction of sp³-hybridized carbons (Fsp3) is 0.579. The van der Waals surface area contributed by atoms with E-state index in [2.05, 4.69) is 26.8 Å². The number of aromatic nitrogens is 4. The van der Waals surface area contributed by atoms with Gasteiger partial charge in [-0.25, -0.2) is 15.0 Å². The fourth-order valence-electron chi connectivity index (χ4n) is 3.84. The smallest absolute Gasteiger partial charge is 0.291 e. The summed E-state index contributed by atoms with van der Waals surface area (Å²) in [4.78, 5) is 30.4. The van der Waals surface area contributed by atoms with Gasteiger partial charge in [0.25, 0.3) is 5.91 Å². The number of hydrogen-bond donors (Lipinski definition) is 0. The van der Waals surface area contributed by atoms with Crippen molar-refractivity contribution in [1.82, 2.24) is 24.4 Å². The molecule has 1 saturated heterocycles. The maximum atomic E-state index is 12.6. The molecule has 4 heterocycles. The number of imidazole rings is 1. The van der Waals surface area contributed by atoms with Gasteiger partial charge in [0.05, 0.1) is 18.1 Å². The van der Waals surface area contributed by atoms with Crippen LogP contribution in [-0.2, 0) is 6.67 Å². The van der Waals surface area contributed by atoms with Gasteiger partial charge in [-0.2, -0.15) is 0 Å². The molecule has 26 heavy (non-hydrogen) atoms. The van der Waals surface area contributed by atoms with Gasteiger partial charge in [-0.1, -0.05) is 13.3 Å². The first-order valence-electron chi connectivity index (χ1n) is 9.62. The minimum absolute atomic E-state index is 0.0265. The summed E-state index contributed by atoms with van der Waals surface area (Å²) in [6.07, 6.45) is 9.52. The van der Waals surface area contributed by atoms with Crippen LogP contribution < -0.4 is 4.90 Å². The zero-order chi connectivity index (χ0) is 18.1. The van der Waals surface area contributed by atoms with Gasteiger partial charge in [-0.15, -0.1) is 0 Å². The molecule has 0 aromatic carbocycles. The van der Waals surface area contributed by atoms with Gasteiger partial charge in [-0.3, -0.25) is 4.79 Å². The molecule has 0 aliphatic carbocycles. The van der Waals surface area contributed by atoms with Crippen LogP contribution in [0, 0.1) is 6.92 Å². The van der Waals surface area contributed by atoms with Crippen LogP contribution in [0.5, 0.6) is 0 Å². The number of anilines is 1. The van der Waals surface area contributed by atoms with E-state index in [1.807, 2.05) is 28.8 Å². The topological polar surface area (TPSA) is 67.2 Å². The van der Waals surface area contributed by atoms with Crippen LogP contribution >= 0.6 is 0 Å². The molecule has 0 unspecified atom stereocenters. The zero-order valence-corrected chi connectivity index (χ0v) is 15.6. The summed E-state index contributed by atoms with van der Waals surface area (Å²) in [5.41, 5.74) is 2.74. The molecule has 138 valence electrons. The van der Waals surface area contributed by atoms with Gasteiger partial charge in [-0.05, 0) is 32.6 Å². The largest absolute Gasteiger partial charge is 0.341 e. The van der Waals surface area contributed by atoms with Crippen molar-refractivity contribution in [3.63, 3.8) is 0 Å². The fourth-order valence-corrected chi connectivity index (χ4v) is 3.84. The number of piperidine rings is 1. The SMILES string of the molecule is CCCCN1Cn2c(nc(C)c2-c2cnc(N3CCCCC3)nc2)C1=O. The monoisotopic (exact) mass is 354 g/mol. The van der Waals surface area contributed by atoms with Crippen molar-refractivity contribution in [2.45, 2.75) is 52.6 Å². The van der Waals surface area contributed by atoms with E-state index in [1.165, 1.54) is 19.3 Å². The van der Waals surface area contributed by atoms with E-state index in [1.54, 1.807) is 0 Å². The molecule has 0 saturated carbocycles. The summed E-state index contributed by atoms with van der Waals surface area (Å²) in [5.74, 6) is 1.36. The van der Waals surface area contributed by atoms with Gasteiger partial charge < -0.3 is 14.4 Å². The Morgan fingerprint density at radius 2 is 1.85 bits per heavy atom. The molecule has 7 heteroatoms. The van der Waals surface area contributed by atoms with Crippen molar-refractivity contribution < 1.29 is 4.79 Å². The number of amides is 1. The first-order valence-corrected chi connectivity index (χ1v) is 9.62. The van der Waals surface area contributed by atoms with Crippen LogP contribution in [0.15, 0.2) is 12.4 Å². The molecule has 0 N–H and O–H groups in total. The number of hydrogen-bond acceptors (Lipinski definition) is 5. The molecule has 1 amide bonds. The highest BCUT2D eigenvalue weighted by atomic mass is 16.2. The third-order valence-electron chi connectivity index (χ3n) is 5.26. The van der Waals surface area contributed by atoms with Crippen molar-refractivity contribution in [3.8, 4) is 11.3 Å². The Bertz CT molecular complexity index is 791. The predicted molar refractivity (Wildman–Crippen MR) is 100.0 cm³/mol. The number of rotatable bonds is 5. The van der Waals surface area contributed by atoms with E-state index >= 15 is 0 Å². The summed E-state index contributed by atoms with van der Waals surface area (Å²) in [6, 6.07) is 0. The molecule has 0 spiro atoms. The first kappa shape index (κ1) is 17.0. The summed E-state index contributed by atoms with van der Waals surface area (Å²) >= 11 is 0. The van der Waals surface area contributed by atoms with Gasteiger partial charge in [0.1, 0.15) is 0 Å². The first-order chi connectivity index (χ1) is 12.7. The molecule has 7 nitrogen and oxygen atoms in total. The Morgan fingerprint density at radius 1 is 1.12 bits per heavy atom. The molecule has 2 aromatic rings. The molecular formula is C19H26N6O. The number of unbranched alkanes of at least 4 members (excludes halogenated alkanes) is 1. The lowest BCUT2D eigenvalue weighted by molar-refractivity contribution is 0.0763. The van der Waals surface area contributed by atoms with E-state index < -0.39 is 0 Å². The van der Waals surface area contributed by atoms with Crippen molar-refractivity contribution in [1.29, 1.82) is 0 Å².